The monoisotopic (exact) mass is 165 g/mol. The number of hydrogen-bond donors (Lipinski definition) is 0. The highest BCUT2D eigenvalue weighted by atomic mass is 16.5. The lowest BCUT2D eigenvalue weighted by Crippen LogP contribution is -2.05. The van der Waals surface area contributed by atoms with Crippen LogP contribution in [0.3, 0.4) is 0 Å². The third-order valence-electron chi connectivity index (χ3n) is 1.74. The number of ether oxygens (including phenoxy) is 1. The summed E-state index contributed by atoms with van der Waals surface area (Å²) in [6.07, 6.45) is 0. The molecule has 0 saturated carbocycles. The van der Waals surface area contributed by atoms with Gasteiger partial charge in [0.2, 0.25) is 0 Å². The zero-order chi connectivity index (χ0) is 9.14. The maximum Gasteiger partial charge on any atom is 0.356 e. The van der Waals surface area contributed by atoms with Gasteiger partial charge in [-0.05, 0) is 25.5 Å². The maximum atomic E-state index is 11.0. The third-order valence-corrected chi connectivity index (χ3v) is 1.74. The Morgan fingerprint density at radius 1 is 1.42 bits per heavy atom. The fourth-order valence-corrected chi connectivity index (χ4v) is 0.849. The van der Waals surface area contributed by atoms with Crippen LogP contribution in [0.2, 0.25) is 0 Å². The Kier molecular flexibility index (Phi) is 2.43. The summed E-state index contributed by atoms with van der Waals surface area (Å²) in [5.74, 6) is -0.391. The van der Waals surface area contributed by atoms with Crippen molar-refractivity contribution in [3.05, 3.63) is 29.1 Å². The normalized spacial score (nSPS) is 9.58. The molecular formula is C9H11NO2. The second-order valence-corrected chi connectivity index (χ2v) is 2.59. The van der Waals surface area contributed by atoms with Gasteiger partial charge in [-0.1, -0.05) is 6.07 Å². The van der Waals surface area contributed by atoms with Crippen molar-refractivity contribution in [2.24, 2.45) is 0 Å². The average Bonchev–Trinajstić information content (AvgIpc) is 2.08. The fourth-order valence-electron chi connectivity index (χ4n) is 0.849. The first-order valence-corrected chi connectivity index (χ1v) is 3.67. The number of carbonyl (C=O) groups is 1. The smallest absolute Gasteiger partial charge is 0.356 e. The molecule has 0 bridgehead atoms. The molecule has 1 heterocycles. The predicted octanol–water partition coefficient (Wildman–Crippen LogP) is 1.49. The molecular weight excluding hydrogens is 154 g/mol. The van der Waals surface area contributed by atoms with Crippen LogP contribution in [0, 0.1) is 13.8 Å². The molecule has 1 aromatic heterocycles. The van der Waals surface area contributed by atoms with Crippen LogP contribution in [0.5, 0.6) is 0 Å². The molecule has 3 nitrogen and oxygen atoms in total. The van der Waals surface area contributed by atoms with Gasteiger partial charge >= 0.3 is 5.97 Å². The van der Waals surface area contributed by atoms with Crippen molar-refractivity contribution in [3.63, 3.8) is 0 Å². The summed E-state index contributed by atoms with van der Waals surface area (Å²) >= 11 is 0. The van der Waals surface area contributed by atoms with E-state index in [0.29, 0.717) is 5.69 Å². The van der Waals surface area contributed by atoms with E-state index in [1.807, 2.05) is 19.9 Å². The minimum absolute atomic E-state index is 0.362. The van der Waals surface area contributed by atoms with Gasteiger partial charge in [0.15, 0.2) is 0 Å². The number of esters is 1. The standard InChI is InChI=1S/C9H11NO2/c1-6-4-5-8(9(11)12-3)10-7(6)2/h4-5H,1-3H3. The molecule has 0 fully saturated rings. The molecule has 0 N–H and O–H groups in total. The lowest BCUT2D eigenvalue weighted by molar-refractivity contribution is 0.0594. The average molecular weight is 165 g/mol. The Hall–Kier alpha value is -1.38. The van der Waals surface area contributed by atoms with Gasteiger partial charge in [0.1, 0.15) is 5.69 Å². The first kappa shape index (κ1) is 8.71. The van der Waals surface area contributed by atoms with Crippen molar-refractivity contribution in [2.75, 3.05) is 7.11 Å². The lowest BCUT2D eigenvalue weighted by Gasteiger charge is -2.01. The summed E-state index contributed by atoms with van der Waals surface area (Å²) in [6.45, 7) is 3.81. The molecule has 0 aliphatic rings. The minimum atomic E-state index is -0.391. The highest BCUT2D eigenvalue weighted by Crippen LogP contribution is 2.05. The topological polar surface area (TPSA) is 39.2 Å². The van der Waals surface area contributed by atoms with Crippen LogP contribution < -0.4 is 0 Å². The third kappa shape index (κ3) is 1.61. The lowest BCUT2D eigenvalue weighted by atomic mass is 10.2. The Morgan fingerprint density at radius 2 is 2.08 bits per heavy atom. The molecule has 0 aromatic carbocycles. The highest BCUT2D eigenvalue weighted by Gasteiger charge is 2.06. The highest BCUT2D eigenvalue weighted by molar-refractivity contribution is 5.87. The van der Waals surface area contributed by atoms with Crippen molar-refractivity contribution in [1.29, 1.82) is 0 Å². The number of nitrogens with zero attached hydrogens (tertiary/aromatic N) is 1. The van der Waals surface area contributed by atoms with Gasteiger partial charge in [-0.3, -0.25) is 0 Å². The number of pyridine rings is 1. The molecule has 1 rings (SSSR count). The SMILES string of the molecule is COC(=O)c1ccc(C)c(C)n1. The Morgan fingerprint density at radius 3 is 2.58 bits per heavy atom. The van der Waals surface area contributed by atoms with Crippen molar-refractivity contribution in [1.82, 2.24) is 4.98 Å². The summed E-state index contributed by atoms with van der Waals surface area (Å²) in [5.41, 5.74) is 2.29. The van der Waals surface area contributed by atoms with E-state index in [-0.39, 0.29) is 0 Å². The first-order valence-electron chi connectivity index (χ1n) is 3.67. The van der Waals surface area contributed by atoms with Gasteiger partial charge in [-0.2, -0.15) is 0 Å². The molecule has 3 heteroatoms. The molecule has 0 saturated heterocycles. The van der Waals surface area contributed by atoms with E-state index in [2.05, 4.69) is 9.72 Å². The molecule has 0 unspecified atom stereocenters. The van der Waals surface area contributed by atoms with E-state index in [0.717, 1.165) is 11.3 Å². The van der Waals surface area contributed by atoms with Crippen LogP contribution in [-0.4, -0.2) is 18.1 Å². The second kappa shape index (κ2) is 3.34. The number of aryl methyl sites for hydroxylation is 2. The molecule has 0 amide bonds. The first-order chi connectivity index (χ1) is 5.65. The van der Waals surface area contributed by atoms with Gasteiger partial charge < -0.3 is 4.74 Å². The number of carbonyl (C=O) groups excluding carboxylic acids is 1. The molecule has 0 aliphatic heterocycles. The fraction of sp³-hybridized carbons (Fsp3) is 0.333. The van der Waals surface area contributed by atoms with Crippen molar-refractivity contribution < 1.29 is 9.53 Å². The van der Waals surface area contributed by atoms with Crippen LogP contribution in [0.25, 0.3) is 0 Å². The Balaban J connectivity index is 3.05. The zero-order valence-corrected chi connectivity index (χ0v) is 7.42. The van der Waals surface area contributed by atoms with E-state index < -0.39 is 5.97 Å². The van der Waals surface area contributed by atoms with Crippen LogP contribution in [0.1, 0.15) is 21.7 Å². The van der Waals surface area contributed by atoms with E-state index in [9.17, 15) is 4.79 Å². The molecule has 12 heavy (non-hydrogen) atoms. The minimum Gasteiger partial charge on any atom is -0.464 e. The predicted molar refractivity (Wildman–Crippen MR) is 45.1 cm³/mol. The molecule has 1 aromatic rings. The summed E-state index contributed by atoms with van der Waals surface area (Å²) in [5, 5.41) is 0. The maximum absolute atomic E-state index is 11.0. The van der Waals surface area contributed by atoms with Gasteiger partial charge in [0, 0.05) is 5.69 Å². The van der Waals surface area contributed by atoms with E-state index in [4.69, 9.17) is 0 Å². The van der Waals surface area contributed by atoms with E-state index in [1.54, 1.807) is 6.07 Å². The van der Waals surface area contributed by atoms with E-state index >= 15 is 0 Å². The quantitative estimate of drug-likeness (QED) is 0.592. The van der Waals surface area contributed by atoms with Crippen LogP contribution in [0.4, 0.5) is 0 Å². The van der Waals surface area contributed by atoms with Crippen LogP contribution in [-0.2, 0) is 4.74 Å². The van der Waals surface area contributed by atoms with Gasteiger partial charge in [0.25, 0.3) is 0 Å². The van der Waals surface area contributed by atoms with Gasteiger partial charge in [-0.25, -0.2) is 9.78 Å². The zero-order valence-electron chi connectivity index (χ0n) is 7.42. The van der Waals surface area contributed by atoms with Gasteiger partial charge in [0.05, 0.1) is 7.11 Å². The molecule has 0 atom stereocenters. The van der Waals surface area contributed by atoms with Crippen LogP contribution >= 0.6 is 0 Å². The molecule has 64 valence electrons. The number of methoxy groups -OCH3 is 1. The van der Waals surface area contributed by atoms with Crippen LogP contribution in [0.15, 0.2) is 12.1 Å². The Bertz CT molecular complexity index is 307. The summed E-state index contributed by atoms with van der Waals surface area (Å²) in [7, 11) is 1.35. The van der Waals surface area contributed by atoms with Crippen molar-refractivity contribution in [3.8, 4) is 0 Å². The van der Waals surface area contributed by atoms with Gasteiger partial charge in [-0.15, -0.1) is 0 Å². The largest absolute Gasteiger partial charge is 0.464 e. The summed E-state index contributed by atoms with van der Waals surface area (Å²) in [4.78, 5) is 15.1. The number of aromatic nitrogens is 1. The second-order valence-electron chi connectivity index (χ2n) is 2.59. The summed E-state index contributed by atoms with van der Waals surface area (Å²) in [6, 6.07) is 3.52. The van der Waals surface area contributed by atoms with Crippen molar-refractivity contribution >= 4 is 5.97 Å². The van der Waals surface area contributed by atoms with E-state index in [1.165, 1.54) is 7.11 Å². The number of hydrogen-bond acceptors (Lipinski definition) is 3. The Labute approximate surface area is 71.4 Å². The number of rotatable bonds is 1. The summed E-state index contributed by atoms with van der Waals surface area (Å²) < 4.78 is 4.53. The molecule has 0 spiro atoms. The molecule has 0 aliphatic carbocycles. The molecule has 0 radical (unpaired) electrons. The van der Waals surface area contributed by atoms with Crippen molar-refractivity contribution in [2.45, 2.75) is 13.8 Å².